The third kappa shape index (κ3) is 7.50. The second-order valence-electron chi connectivity index (χ2n) is 21.1. The van der Waals surface area contributed by atoms with Crippen LogP contribution in [0.3, 0.4) is 0 Å². The van der Waals surface area contributed by atoms with E-state index in [4.69, 9.17) is 4.74 Å². The molecule has 8 nitrogen and oxygen atoms in total. The molecule has 1 aromatic rings. The number of Topliss-reactive ketones (excluding diaryl/α,β-unsaturated/α-hetero) is 1. The minimum absolute atomic E-state index is 0.0493. The standard InChI is InChI=1S/C47H73N3O5/c1-30(2)40-35(51)27-47(22-24-50(26-25-49(10)11)31(3)32-13-12-23-48-29-32)21-16-34-33(41(40)47)14-15-37-45(34,8)19-17-36-44(6,7)38(18-20-46(36,37)9)55-39(52)28-43(4,5)42(53)54/h12-13,23,29-31,33-34,36-38H,14-22,24-28H2,1-11H3,(H,53,54). The number of allylic oxidation sites excluding steroid dienone is 2. The van der Waals surface area contributed by atoms with E-state index in [0.717, 1.165) is 58.2 Å². The van der Waals surface area contributed by atoms with Gasteiger partial charge in [-0.15, -0.1) is 0 Å². The Balaban J connectivity index is 1.24. The molecule has 5 aliphatic carbocycles. The molecule has 0 aliphatic heterocycles. The molecule has 1 N–H and O–H groups in total. The molecule has 0 bridgehead atoms. The molecule has 0 aromatic carbocycles. The lowest BCUT2D eigenvalue weighted by atomic mass is 9.36. The van der Waals surface area contributed by atoms with Crippen LogP contribution >= 0.6 is 0 Å². The Hall–Kier alpha value is -2.58. The van der Waals surface area contributed by atoms with Crippen molar-refractivity contribution >= 4 is 17.7 Å². The number of hydrogen-bond acceptors (Lipinski definition) is 7. The van der Waals surface area contributed by atoms with Crippen molar-refractivity contribution < 1.29 is 24.2 Å². The van der Waals surface area contributed by atoms with Crippen LogP contribution in [0.25, 0.3) is 0 Å². The van der Waals surface area contributed by atoms with Gasteiger partial charge in [-0.2, -0.15) is 0 Å². The average molecular weight is 760 g/mol. The number of rotatable bonds is 13. The second kappa shape index (κ2) is 15.3. The number of fused-ring (bicyclic) bond motifs is 7. The van der Waals surface area contributed by atoms with E-state index in [1.807, 2.05) is 18.5 Å². The van der Waals surface area contributed by atoms with Crippen LogP contribution in [-0.2, 0) is 19.1 Å². The van der Waals surface area contributed by atoms with Gasteiger partial charge in [0, 0.05) is 48.8 Å². The fourth-order valence-electron chi connectivity index (χ4n) is 13.6. The van der Waals surface area contributed by atoms with Gasteiger partial charge in [0.05, 0.1) is 11.8 Å². The first-order valence-electron chi connectivity index (χ1n) is 21.7. The first-order valence-corrected chi connectivity index (χ1v) is 21.7. The monoisotopic (exact) mass is 760 g/mol. The van der Waals surface area contributed by atoms with E-state index in [2.05, 4.69) is 83.4 Å². The van der Waals surface area contributed by atoms with Crippen LogP contribution in [0.5, 0.6) is 0 Å². The molecule has 0 saturated heterocycles. The molecule has 4 saturated carbocycles. The van der Waals surface area contributed by atoms with E-state index in [9.17, 15) is 19.5 Å². The van der Waals surface area contributed by atoms with Crippen LogP contribution in [0.2, 0.25) is 0 Å². The highest BCUT2D eigenvalue weighted by Gasteiger charge is 2.66. The number of aliphatic carboxylic acids is 1. The zero-order valence-electron chi connectivity index (χ0n) is 36.2. The van der Waals surface area contributed by atoms with Crippen molar-refractivity contribution in [3.63, 3.8) is 0 Å². The van der Waals surface area contributed by atoms with E-state index in [0.29, 0.717) is 35.9 Å². The number of carboxylic acid groups (broad SMARTS) is 1. The van der Waals surface area contributed by atoms with Gasteiger partial charge >= 0.3 is 11.9 Å². The summed E-state index contributed by atoms with van der Waals surface area (Å²) in [5.41, 5.74) is 2.92. The number of carbonyl (C=O) groups excluding carboxylic acids is 2. The summed E-state index contributed by atoms with van der Waals surface area (Å²) >= 11 is 0. The molecule has 4 fully saturated rings. The smallest absolute Gasteiger partial charge is 0.309 e. The summed E-state index contributed by atoms with van der Waals surface area (Å²) in [6.07, 6.45) is 14.0. The normalized spacial score (nSPS) is 34.9. The first kappa shape index (κ1) is 42.0. The van der Waals surface area contributed by atoms with E-state index in [-0.39, 0.29) is 46.1 Å². The Morgan fingerprint density at radius 2 is 1.65 bits per heavy atom. The van der Waals surface area contributed by atoms with Gasteiger partial charge in [0.15, 0.2) is 5.78 Å². The molecule has 306 valence electrons. The van der Waals surface area contributed by atoms with Gasteiger partial charge in [0.1, 0.15) is 6.10 Å². The minimum atomic E-state index is -1.15. The third-order valence-corrected chi connectivity index (χ3v) is 16.5. The van der Waals surface area contributed by atoms with Crippen LogP contribution in [0.4, 0.5) is 0 Å². The van der Waals surface area contributed by atoms with Gasteiger partial charge in [-0.1, -0.05) is 53.2 Å². The third-order valence-electron chi connectivity index (χ3n) is 16.5. The highest BCUT2D eigenvalue weighted by Crippen LogP contribution is 2.73. The highest BCUT2D eigenvalue weighted by molar-refractivity contribution is 6.00. The van der Waals surface area contributed by atoms with Crippen molar-refractivity contribution in [2.75, 3.05) is 33.7 Å². The zero-order chi connectivity index (χ0) is 40.3. The van der Waals surface area contributed by atoms with E-state index >= 15 is 0 Å². The topological polar surface area (TPSA) is 100 Å². The van der Waals surface area contributed by atoms with Crippen molar-refractivity contribution in [1.29, 1.82) is 0 Å². The summed E-state index contributed by atoms with van der Waals surface area (Å²) < 4.78 is 6.19. The van der Waals surface area contributed by atoms with Crippen molar-refractivity contribution in [3.8, 4) is 0 Å². The summed E-state index contributed by atoms with van der Waals surface area (Å²) in [6, 6.07) is 4.49. The molecular formula is C47H73N3O5. The van der Waals surface area contributed by atoms with Gasteiger partial charge in [0.25, 0.3) is 0 Å². The Labute approximate surface area is 332 Å². The lowest BCUT2D eigenvalue weighted by molar-refractivity contribution is -0.214. The number of ether oxygens (including phenoxy) is 1. The number of hydrogen-bond donors (Lipinski definition) is 1. The van der Waals surface area contributed by atoms with Crippen molar-refractivity contribution in [1.82, 2.24) is 14.8 Å². The van der Waals surface area contributed by atoms with Crippen molar-refractivity contribution in [2.24, 2.45) is 56.7 Å². The first-order chi connectivity index (χ1) is 25.7. The van der Waals surface area contributed by atoms with Gasteiger partial charge in [0.2, 0.25) is 0 Å². The second-order valence-corrected chi connectivity index (χ2v) is 21.1. The maximum absolute atomic E-state index is 14.2. The molecule has 9 atom stereocenters. The molecule has 9 unspecified atom stereocenters. The lowest BCUT2D eigenvalue weighted by Crippen LogP contribution is -2.63. The molecule has 0 spiro atoms. The number of nitrogens with zero attached hydrogens (tertiary/aromatic N) is 3. The predicted molar refractivity (Wildman–Crippen MR) is 218 cm³/mol. The number of aromatic nitrogens is 1. The fourth-order valence-corrected chi connectivity index (χ4v) is 13.6. The number of carbonyl (C=O) groups is 3. The van der Waals surface area contributed by atoms with Crippen LogP contribution in [0, 0.1) is 56.7 Å². The SMILES string of the molecule is CC(C)C1=C2C3CCC4C(C)(CCC5C(C)(C)C(OC(=O)CC(C)(C)C(=O)O)CCC54C)C3CCC2(CCN(CCN(C)C)C(C)c2cccnc2)CC1=O. The summed E-state index contributed by atoms with van der Waals surface area (Å²) in [4.78, 5) is 48.5. The summed E-state index contributed by atoms with van der Waals surface area (Å²) in [6.45, 7) is 22.7. The van der Waals surface area contributed by atoms with Gasteiger partial charge in [-0.05, 0) is 157 Å². The summed E-state index contributed by atoms with van der Waals surface area (Å²) in [7, 11) is 4.30. The summed E-state index contributed by atoms with van der Waals surface area (Å²) in [5, 5.41) is 9.63. The molecule has 1 aromatic heterocycles. The molecular weight excluding hydrogens is 687 g/mol. The van der Waals surface area contributed by atoms with E-state index in [1.165, 1.54) is 30.4 Å². The van der Waals surface area contributed by atoms with Crippen LogP contribution in [0.1, 0.15) is 145 Å². The Morgan fingerprint density at radius 1 is 0.945 bits per heavy atom. The number of likely N-dealkylation sites (N-methyl/N-ethyl adjacent to an activating group) is 1. The van der Waals surface area contributed by atoms with E-state index < -0.39 is 17.4 Å². The maximum atomic E-state index is 14.2. The molecule has 8 heteroatoms. The molecule has 5 aliphatic rings. The molecule has 0 radical (unpaired) electrons. The Kier molecular flexibility index (Phi) is 11.7. The molecule has 1 heterocycles. The largest absolute Gasteiger partial charge is 0.481 e. The van der Waals surface area contributed by atoms with Gasteiger partial charge in [-0.25, -0.2) is 0 Å². The molecule has 55 heavy (non-hydrogen) atoms. The van der Waals surface area contributed by atoms with Crippen LogP contribution in [0.15, 0.2) is 35.7 Å². The number of pyridine rings is 1. The Bertz CT molecular complexity index is 1630. The van der Waals surface area contributed by atoms with Gasteiger partial charge < -0.3 is 14.7 Å². The zero-order valence-corrected chi connectivity index (χ0v) is 36.2. The molecule has 6 rings (SSSR count). The number of carboxylic acids is 1. The Morgan fingerprint density at radius 3 is 2.29 bits per heavy atom. The summed E-state index contributed by atoms with van der Waals surface area (Å²) in [5.74, 6) is 1.32. The maximum Gasteiger partial charge on any atom is 0.309 e. The lowest BCUT2D eigenvalue weighted by Gasteiger charge is -2.69. The number of esters is 1. The van der Waals surface area contributed by atoms with E-state index in [1.54, 1.807) is 19.4 Å². The van der Waals surface area contributed by atoms with Crippen LogP contribution < -0.4 is 0 Å². The minimum Gasteiger partial charge on any atom is -0.481 e. The highest BCUT2D eigenvalue weighted by atomic mass is 16.5. The van der Waals surface area contributed by atoms with Crippen LogP contribution in [-0.4, -0.2) is 77.4 Å². The number of ketones is 1. The average Bonchev–Trinajstić information content (AvgIpc) is 3.41. The van der Waals surface area contributed by atoms with Gasteiger partial charge in [-0.3, -0.25) is 24.3 Å². The predicted octanol–water partition coefficient (Wildman–Crippen LogP) is 9.40. The van der Waals surface area contributed by atoms with Crippen molar-refractivity contribution in [3.05, 3.63) is 41.2 Å². The fraction of sp³-hybridized carbons (Fsp3) is 0.787. The molecule has 0 amide bonds. The quantitative estimate of drug-likeness (QED) is 0.199. The van der Waals surface area contributed by atoms with Crippen molar-refractivity contribution in [2.45, 2.75) is 145 Å².